The fourth-order valence-electron chi connectivity index (χ4n) is 2.03. The minimum atomic E-state index is -0.434. The number of aryl methyl sites for hydroxylation is 1. The molecule has 0 saturated carbocycles. The van der Waals surface area contributed by atoms with Crippen LogP contribution in [-0.4, -0.2) is 25.2 Å². The molecule has 0 N–H and O–H groups in total. The summed E-state index contributed by atoms with van der Waals surface area (Å²) in [4.78, 5) is 15.8. The summed E-state index contributed by atoms with van der Waals surface area (Å²) in [5.74, 6) is 0.427. The van der Waals surface area contributed by atoms with Crippen LogP contribution in [0.25, 0.3) is 11.3 Å². The lowest BCUT2D eigenvalue weighted by atomic mass is 10.0. The molecule has 2 rings (SSSR count). The molecule has 4 heteroatoms. The molecule has 0 bridgehead atoms. The van der Waals surface area contributed by atoms with Crippen molar-refractivity contribution in [2.45, 2.75) is 13.3 Å². The summed E-state index contributed by atoms with van der Waals surface area (Å²) in [7, 11) is 3.00. The van der Waals surface area contributed by atoms with Crippen LogP contribution in [-0.2, 0) is 11.2 Å². The van der Waals surface area contributed by atoms with Crippen molar-refractivity contribution >= 4 is 5.97 Å². The third-order valence-electron chi connectivity index (χ3n) is 3.10. The highest BCUT2D eigenvalue weighted by molar-refractivity contribution is 5.87. The molecule has 0 fully saturated rings. The molecule has 1 aromatic heterocycles. The molecule has 20 heavy (non-hydrogen) atoms. The number of aromatic nitrogens is 1. The molecule has 2 aromatic rings. The maximum Gasteiger partial charge on any atom is 0.356 e. The van der Waals surface area contributed by atoms with Gasteiger partial charge in [-0.2, -0.15) is 0 Å². The van der Waals surface area contributed by atoms with E-state index < -0.39 is 5.97 Å². The van der Waals surface area contributed by atoms with E-state index in [1.165, 1.54) is 7.11 Å². The van der Waals surface area contributed by atoms with Crippen molar-refractivity contribution < 1.29 is 14.3 Å². The number of carbonyl (C=O) groups is 1. The van der Waals surface area contributed by atoms with Gasteiger partial charge in [0.25, 0.3) is 0 Å². The molecular formula is C16H17NO3. The highest BCUT2D eigenvalue weighted by Crippen LogP contribution is 2.26. The topological polar surface area (TPSA) is 48.4 Å². The maximum absolute atomic E-state index is 11.5. The Hall–Kier alpha value is -2.36. The van der Waals surface area contributed by atoms with Gasteiger partial charge in [-0.25, -0.2) is 9.78 Å². The Bertz CT molecular complexity index is 623. The fraction of sp³-hybridized carbons (Fsp3) is 0.250. The van der Waals surface area contributed by atoms with Crippen LogP contribution in [0.15, 0.2) is 36.4 Å². The molecule has 0 amide bonds. The first kappa shape index (κ1) is 14.1. The summed E-state index contributed by atoms with van der Waals surface area (Å²) < 4.78 is 10.00. The number of methoxy groups -OCH3 is 2. The summed E-state index contributed by atoms with van der Waals surface area (Å²) >= 11 is 0. The average Bonchev–Trinajstić information content (AvgIpc) is 2.53. The van der Waals surface area contributed by atoms with Gasteiger partial charge in [0.05, 0.1) is 19.9 Å². The zero-order valence-corrected chi connectivity index (χ0v) is 11.8. The zero-order chi connectivity index (χ0) is 14.5. The largest absolute Gasteiger partial charge is 0.496 e. The quantitative estimate of drug-likeness (QED) is 0.802. The summed E-state index contributed by atoms with van der Waals surface area (Å²) in [6, 6.07) is 11.2. The predicted molar refractivity (Wildman–Crippen MR) is 76.9 cm³/mol. The number of rotatable bonds is 4. The van der Waals surface area contributed by atoms with Crippen LogP contribution >= 0.6 is 0 Å². The predicted octanol–water partition coefficient (Wildman–Crippen LogP) is 3.11. The van der Waals surface area contributed by atoms with Crippen LogP contribution in [0.4, 0.5) is 0 Å². The van der Waals surface area contributed by atoms with Gasteiger partial charge in [-0.3, -0.25) is 0 Å². The third-order valence-corrected chi connectivity index (χ3v) is 3.10. The lowest BCUT2D eigenvalue weighted by Crippen LogP contribution is -2.04. The van der Waals surface area contributed by atoms with Crippen LogP contribution in [0.1, 0.15) is 23.0 Å². The maximum atomic E-state index is 11.5. The summed E-state index contributed by atoms with van der Waals surface area (Å²) in [5.41, 5.74) is 3.10. The van der Waals surface area contributed by atoms with Gasteiger partial charge in [0, 0.05) is 5.56 Å². The van der Waals surface area contributed by atoms with Crippen molar-refractivity contribution in [3.63, 3.8) is 0 Å². The Balaban J connectivity index is 2.43. The number of esters is 1. The lowest BCUT2D eigenvalue weighted by molar-refractivity contribution is 0.0594. The summed E-state index contributed by atoms with van der Waals surface area (Å²) in [6.45, 7) is 2.07. The van der Waals surface area contributed by atoms with Crippen LogP contribution < -0.4 is 4.74 Å². The minimum Gasteiger partial charge on any atom is -0.496 e. The number of hydrogen-bond acceptors (Lipinski definition) is 4. The Morgan fingerprint density at radius 1 is 1.20 bits per heavy atom. The second-order valence-electron chi connectivity index (χ2n) is 4.28. The van der Waals surface area contributed by atoms with E-state index in [2.05, 4.69) is 16.6 Å². The second kappa shape index (κ2) is 6.19. The second-order valence-corrected chi connectivity index (χ2v) is 4.28. The lowest BCUT2D eigenvalue weighted by Gasteiger charge is -2.09. The van der Waals surface area contributed by atoms with Crippen molar-refractivity contribution in [1.29, 1.82) is 0 Å². The summed E-state index contributed by atoms with van der Waals surface area (Å²) in [6.07, 6.45) is 0.869. The highest BCUT2D eigenvalue weighted by Gasteiger charge is 2.10. The highest BCUT2D eigenvalue weighted by atomic mass is 16.5. The normalized spacial score (nSPS) is 10.2. The molecule has 0 unspecified atom stereocenters. The van der Waals surface area contributed by atoms with Gasteiger partial charge in [-0.1, -0.05) is 13.0 Å². The molecule has 104 valence electrons. The molecule has 4 nitrogen and oxygen atoms in total. The average molecular weight is 271 g/mol. The molecule has 0 atom stereocenters. The van der Waals surface area contributed by atoms with Crippen molar-refractivity contribution in [2.75, 3.05) is 14.2 Å². The number of benzene rings is 1. The van der Waals surface area contributed by atoms with E-state index in [0.717, 1.165) is 29.0 Å². The first-order valence-electron chi connectivity index (χ1n) is 6.42. The number of carbonyl (C=O) groups excluding carboxylic acids is 1. The van der Waals surface area contributed by atoms with E-state index in [-0.39, 0.29) is 0 Å². The molecule has 0 radical (unpaired) electrons. The summed E-state index contributed by atoms with van der Waals surface area (Å²) in [5, 5.41) is 0. The van der Waals surface area contributed by atoms with Crippen molar-refractivity contribution in [3.05, 3.63) is 47.7 Å². The number of ether oxygens (including phenoxy) is 2. The molecule has 0 spiro atoms. The Kier molecular flexibility index (Phi) is 4.35. The first-order valence-corrected chi connectivity index (χ1v) is 6.42. The minimum absolute atomic E-state index is 0.305. The fourth-order valence-corrected chi connectivity index (χ4v) is 2.03. The third kappa shape index (κ3) is 2.79. The van der Waals surface area contributed by atoms with Crippen molar-refractivity contribution in [2.24, 2.45) is 0 Å². The molecule has 1 aromatic carbocycles. The molecule has 0 saturated heterocycles. The van der Waals surface area contributed by atoms with Gasteiger partial charge in [-0.15, -0.1) is 0 Å². The SMILES string of the molecule is CCc1cc(-c2cccc(C(=O)OC)n2)ccc1OC. The van der Waals surface area contributed by atoms with E-state index in [0.29, 0.717) is 5.69 Å². The number of pyridine rings is 1. The zero-order valence-electron chi connectivity index (χ0n) is 11.8. The Labute approximate surface area is 118 Å². The van der Waals surface area contributed by atoms with E-state index in [1.54, 1.807) is 19.2 Å². The van der Waals surface area contributed by atoms with Gasteiger partial charge >= 0.3 is 5.97 Å². The van der Waals surface area contributed by atoms with Crippen molar-refractivity contribution in [3.8, 4) is 17.0 Å². The van der Waals surface area contributed by atoms with E-state index >= 15 is 0 Å². The molecule has 0 aliphatic rings. The first-order chi connectivity index (χ1) is 9.69. The number of nitrogens with zero attached hydrogens (tertiary/aromatic N) is 1. The van der Waals surface area contributed by atoms with Gasteiger partial charge in [-0.05, 0) is 42.3 Å². The standard InChI is InChI=1S/C16H17NO3/c1-4-11-10-12(8-9-15(11)19-2)13-6-5-7-14(17-13)16(18)20-3/h5-10H,4H2,1-3H3. The van der Waals surface area contributed by atoms with Crippen LogP contribution in [0, 0.1) is 0 Å². The van der Waals surface area contributed by atoms with Crippen LogP contribution in [0.2, 0.25) is 0 Å². The van der Waals surface area contributed by atoms with Crippen LogP contribution in [0.3, 0.4) is 0 Å². The monoisotopic (exact) mass is 271 g/mol. The smallest absolute Gasteiger partial charge is 0.356 e. The Morgan fingerprint density at radius 2 is 2.00 bits per heavy atom. The molecule has 1 heterocycles. The van der Waals surface area contributed by atoms with Crippen LogP contribution in [0.5, 0.6) is 5.75 Å². The van der Waals surface area contributed by atoms with Crippen molar-refractivity contribution in [1.82, 2.24) is 4.98 Å². The van der Waals surface area contributed by atoms with E-state index in [9.17, 15) is 4.79 Å². The van der Waals surface area contributed by atoms with Gasteiger partial charge in [0.2, 0.25) is 0 Å². The number of hydrogen-bond donors (Lipinski definition) is 0. The van der Waals surface area contributed by atoms with Gasteiger partial charge < -0.3 is 9.47 Å². The Morgan fingerprint density at radius 3 is 2.65 bits per heavy atom. The van der Waals surface area contributed by atoms with E-state index in [1.807, 2.05) is 24.3 Å². The molecule has 0 aliphatic heterocycles. The van der Waals surface area contributed by atoms with Gasteiger partial charge in [0.1, 0.15) is 11.4 Å². The van der Waals surface area contributed by atoms with E-state index in [4.69, 9.17) is 4.74 Å². The van der Waals surface area contributed by atoms with Gasteiger partial charge in [0.15, 0.2) is 0 Å². The molecular weight excluding hydrogens is 254 g/mol. The molecule has 0 aliphatic carbocycles.